The summed E-state index contributed by atoms with van der Waals surface area (Å²) in [4.78, 5) is 4.55. The lowest BCUT2D eigenvalue weighted by Crippen LogP contribution is -2.49. The maximum absolute atomic E-state index is 9.35. The second-order valence-electron chi connectivity index (χ2n) is 6.38. The van der Waals surface area contributed by atoms with Gasteiger partial charge in [-0.2, -0.15) is 0 Å². The van der Waals surface area contributed by atoms with Crippen molar-refractivity contribution in [1.82, 2.24) is 9.80 Å². The zero-order valence-corrected chi connectivity index (χ0v) is 14.7. The van der Waals surface area contributed by atoms with Crippen LogP contribution in [0.2, 0.25) is 0 Å². The molecule has 1 saturated heterocycles. The van der Waals surface area contributed by atoms with Gasteiger partial charge in [-0.15, -0.1) is 0 Å². The molecule has 0 aliphatic carbocycles. The van der Waals surface area contributed by atoms with E-state index >= 15 is 0 Å². The molecular weight excluding hydrogens is 328 g/mol. The lowest BCUT2D eigenvalue weighted by Gasteiger charge is -2.34. The molecule has 2 N–H and O–H groups in total. The first-order valence-electron chi connectivity index (χ1n) is 8.77. The highest BCUT2D eigenvalue weighted by Crippen LogP contribution is 2.09. The number of hydrogen-bond acceptors (Lipinski definition) is 6. The van der Waals surface area contributed by atoms with Gasteiger partial charge in [0, 0.05) is 50.4 Å². The van der Waals surface area contributed by atoms with E-state index in [1.54, 1.807) is 0 Å². The van der Waals surface area contributed by atoms with Gasteiger partial charge in [-0.05, 0) is 0 Å². The highest BCUT2D eigenvalue weighted by atomic mass is 16.4. The van der Waals surface area contributed by atoms with Crippen LogP contribution in [0.1, 0.15) is 11.1 Å². The molecule has 26 heavy (non-hydrogen) atoms. The highest BCUT2D eigenvalue weighted by molar-refractivity contribution is 6.02. The number of nitrogens with zero attached hydrogens (tertiary/aromatic N) is 4. The average molecular weight is 352 g/mol. The van der Waals surface area contributed by atoms with E-state index in [4.69, 9.17) is 0 Å². The standard InChI is InChI=1S/C20H24N4O2/c25-21-19(17-7-3-1-4-8-17)15-23-11-13-24(14-12-23)16-20(22-26)18-9-5-2-6-10-18/h1-10,25-26H,11-16H2/b21-19-,22-20+. The Morgan fingerprint density at radius 1 is 0.654 bits per heavy atom. The quantitative estimate of drug-likeness (QED) is 0.476. The van der Waals surface area contributed by atoms with Crippen LogP contribution in [0, 0.1) is 0 Å². The van der Waals surface area contributed by atoms with Crippen LogP contribution in [0.5, 0.6) is 0 Å². The molecule has 1 aliphatic rings. The van der Waals surface area contributed by atoms with E-state index in [0.29, 0.717) is 24.5 Å². The first kappa shape index (κ1) is 18.1. The third-order valence-electron chi connectivity index (χ3n) is 4.67. The van der Waals surface area contributed by atoms with Crippen LogP contribution >= 0.6 is 0 Å². The second kappa shape index (κ2) is 9.12. The summed E-state index contributed by atoms with van der Waals surface area (Å²) in [7, 11) is 0. The first-order valence-corrected chi connectivity index (χ1v) is 8.77. The Hall–Kier alpha value is -2.70. The Morgan fingerprint density at radius 3 is 1.31 bits per heavy atom. The predicted molar refractivity (Wildman–Crippen MR) is 102 cm³/mol. The van der Waals surface area contributed by atoms with Gasteiger partial charge in [0.15, 0.2) is 0 Å². The smallest absolute Gasteiger partial charge is 0.101 e. The van der Waals surface area contributed by atoms with Crippen LogP contribution in [0.25, 0.3) is 0 Å². The summed E-state index contributed by atoms with van der Waals surface area (Å²) in [5, 5.41) is 25.7. The van der Waals surface area contributed by atoms with Gasteiger partial charge in [-0.3, -0.25) is 9.80 Å². The third kappa shape index (κ3) is 4.68. The van der Waals surface area contributed by atoms with Crippen molar-refractivity contribution < 1.29 is 10.4 Å². The molecule has 0 saturated carbocycles. The molecule has 1 fully saturated rings. The molecule has 6 heteroatoms. The van der Waals surface area contributed by atoms with Crippen molar-refractivity contribution in [3.63, 3.8) is 0 Å². The van der Waals surface area contributed by atoms with Gasteiger partial charge < -0.3 is 10.4 Å². The predicted octanol–water partition coefficient (Wildman–Crippen LogP) is 2.36. The van der Waals surface area contributed by atoms with Crippen molar-refractivity contribution in [3.8, 4) is 0 Å². The summed E-state index contributed by atoms with van der Waals surface area (Å²) in [6.07, 6.45) is 0. The van der Waals surface area contributed by atoms with Gasteiger partial charge >= 0.3 is 0 Å². The number of benzene rings is 2. The molecule has 2 aromatic carbocycles. The van der Waals surface area contributed by atoms with Crippen molar-refractivity contribution >= 4 is 11.4 Å². The Labute approximate surface area is 153 Å². The minimum absolute atomic E-state index is 0.619. The molecule has 1 aliphatic heterocycles. The largest absolute Gasteiger partial charge is 0.411 e. The zero-order chi connectivity index (χ0) is 18.2. The normalized spacial score (nSPS) is 17.4. The van der Waals surface area contributed by atoms with Crippen molar-refractivity contribution in [3.05, 3.63) is 71.8 Å². The molecule has 0 radical (unpaired) electrons. The van der Waals surface area contributed by atoms with Crippen LogP contribution in [0.4, 0.5) is 0 Å². The Bertz CT molecular complexity index is 673. The fourth-order valence-corrected chi connectivity index (χ4v) is 3.15. The molecule has 0 atom stereocenters. The number of oxime groups is 2. The summed E-state index contributed by atoms with van der Waals surface area (Å²) in [5.41, 5.74) is 3.24. The maximum Gasteiger partial charge on any atom is 0.101 e. The van der Waals surface area contributed by atoms with Crippen LogP contribution in [-0.2, 0) is 0 Å². The number of rotatable bonds is 6. The van der Waals surface area contributed by atoms with Crippen LogP contribution in [0.3, 0.4) is 0 Å². The van der Waals surface area contributed by atoms with E-state index < -0.39 is 0 Å². The molecule has 0 unspecified atom stereocenters. The fraction of sp³-hybridized carbons (Fsp3) is 0.300. The van der Waals surface area contributed by atoms with E-state index in [1.165, 1.54) is 0 Å². The summed E-state index contributed by atoms with van der Waals surface area (Å²) < 4.78 is 0. The molecule has 3 rings (SSSR count). The van der Waals surface area contributed by atoms with Gasteiger partial charge in [-0.1, -0.05) is 71.0 Å². The minimum Gasteiger partial charge on any atom is -0.411 e. The van der Waals surface area contributed by atoms with Gasteiger partial charge in [0.25, 0.3) is 0 Å². The third-order valence-corrected chi connectivity index (χ3v) is 4.67. The molecule has 1 heterocycles. The van der Waals surface area contributed by atoms with Gasteiger partial charge in [0.1, 0.15) is 11.4 Å². The number of hydrogen-bond donors (Lipinski definition) is 2. The van der Waals surface area contributed by atoms with E-state index in [0.717, 1.165) is 37.3 Å². The van der Waals surface area contributed by atoms with E-state index in [-0.39, 0.29) is 0 Å². The molecule has 0 aromatic heterocycles. The SMILES string of the molecule is O/N=C(\CN1CCN(C/C(=N/O)c2ccccc2)CC1)c1ccccc1. The zero-order valence-electron chi connectivity index (χ0n) is 14.7. The minimum atomic E-state index is 0.619. The van der Waals surface area contributed by atoms with Crippen molar-refractivity contribution in [1.29, 1.82) is 0 Å². The molecule has 0 amide bonds. The summed E-state index contributed by atoms with van der Waals surface area (Å²) in [6, 6.07) is 19.5. The molecule has 136 valence electrons. The van der Waals surface area contributed by atoms with E-state index in [1.807, 2.05) is 60.7 Å². The first-order chi connectivity index (χ1) is 12.8. The second-order valence-corrected chi connectivity index (χ2v) is 6.38. The van der Waals surface area contributed by atoms with Crippen molar-refractivity contribution in [2.75, 3.05) is 39.3 Å². The Morgan fingerprint density at radius 2 is 1.00 bits per heavy atom. The van der Waals surface area contributed by atoms with Gasteiger partial charge in [0.05, 0.1) is 0 Å². The average Bonchev–Trinajstić information content (AvgIpc) is 2.72. The van der Waals surface area contributed by atoms with Crippen molar-refractivity contribution in [2.24, 2.45) is 10.3 Å². The van der Waals surface area contributed by atoms with Crippen molar-refractivity contribution in [2.45, 2.75) is 0 Å². The summed E-state index contributed by atoms with van der Waals surface area (Å²) in [5.74, 6) is 0. The molecule has 2 aromatic rings. The molecule has 0 bridgehead atoms. The van der Waals surface area contributed by atoms with Crippen LogP contribution in [-0.4, -0.2) is 70.9 Å². The van der Waals surface area contributed by atoms with Gasteiger partial charge in [-0.25, -0.2) is 0 Å². The van der Waals surface area contributed by atoms with E-state index in [9.17, 15) is 10.4 Å². The summed E-state index contributed by atoms with van der Waals surface area (Å²) >= 11 is 0. The topological polar surface area (TPSA) is 71.7 Å². The maximum atomic E-state index is 9.35. The number of piperazine rings is 1. The highest BCUT2D eigenvalue weighted by Gasteiger charge is 2.20. The fourth-order valence-electron chi connectivity index (χ4n) is 3.15. The van der Waals surface area contributed by atoms with Crippen LogP contribution in [0.15, 0.2) is 71.0 Å². The monoisotopic (exact) mass is 352 g/mol. The molecule has 6 nitrogen and oxygen atoms in total. The Balaban J connectivity index is 1.53. The molecular formula is C20H24N4O2. The Kier molecular flexibility index (Phi) is 6.35. The lowest BCUT2D eigenvalue weighted by atomic mass is 10.1. The van der Waals surface area contributed by atoms with Crippen LogP contribution < -0.4 is 0 Å². The van der Waals surface area contributed by atoms with E-state index in [2.05, 4.69) is 20.1 Å². The van der Waals surface area contributed by atoms with Gasteiger partial charge in [0.2, 0.25) is 0 Å². The summed E-state index contributed by atoms with van der Waals surface area (Å²) in [6.45, 7) is 4.74. The lowest BCUT2D eigenvalue weighted by molar-refractivity contribution is 0.159. The molecule has 0 spiro atoms.